The van der Waals surface area contributed by atoms with E-state index in [-0.39, 0.29) is 11.9 Å². The van der Waals surface area contributed by atoms with Gasteiger partial charge in [-0.25, -0.2) is 9.97 Å². The third-order valence-electron chi connectivity index (χ3n) is 5.34. The summed E-state index contributed by atoms with van der Waals surface area (Å²) in [6.07, 6.45) is 5.36. The van der Waals surface area contributed by atoms with Crippen LogP contribution in [0.15, 0.2) is 30.5 Å². The Morgan fingerprint density at radius 1 is 1.37 bits per heavy atom. The van der Waals surface area contributed by atoms with Gasteiger partial charge in [0, 0.05) is 31.3 Å². The number of amides is 1. The van der Waals surface area contributed by atoms with E-state index in [4.69, 9.17) is 9.72 Å². The summed E-state index contributed by atoms with van der Waals surface area (Å²) in [6, 6.07) is 8.16. The van der Waals surface area contributed by atoms with Crippen LogP contribution in [-0.2, 0) is 17.8 Å². The third kappa shape index (κ3) is 4.11. The van der Waals surface area contributed by atoms with Gasteiger partial charge in [-0.3, -0.25) is 4.79 Å². The summed E-state index contributed by atoms with van der Waals surface area (Å²) < 4.78 is 5.76. The molecule has 0 spiro atoms. The minimum absolute atomic E-state index is 0.121. The Hall–Kier alpha value is -2.47. The van der Waals surface area contributed by atoms with E-state index in [1.165, 1.54) is 6.42 Å². The van der Waals surface area contributed by atoms with E-state index < -0.39 is 0 Å². The molecule has 0 bridgehead atoms. The number of aromatic nitrogens is 2. The van der Waals surface area contributed by atoms with E-state index in [0.29, 0.717) is 26.1 Å². The Bertz CT molecular complexity index is 818. The fourth-order valence-corrected chi connectivity index (χ4v) is 3.74. The molecule has 1 aromatic heterocycles. The van der Waals surface area contributed by atoms with Crippen LogP contribution in [0.2, 0.25) is 0 Å². The average molecular weight is 366 g/mol. The lowest BCUT2D eigenvalue weighted by atomic mass is 10.1. The standard InChI is InChI=1S/C21H26N4O2/c1-15-5-2-3-7-19(15)27-12-9-20(26)25-11-8-17-16(14-25)13-23-21(24-17)18-6-4-10-22-18/h2-3,5,7,13,18,22H,4,6,8-12,14H2,1H3. The number of nitrogens with one attached hydrogen (secondary N) is 1. The van der Waals surface area contributed by atoms with Crippen molar-refractivity contribution in [2.24, 2.45) is 0 Å². The Kier molecular flexibility index (Phi) is 5.34. The molecule has 0 aliphatic carbocycles. The number of para-hydroxylation sites is 1. The van der Waals surface area contributed by atoms with Crippen molar-refractivity contribution in [1.29, 1.82) is 0 Å². The average Bonchev–Trinajstić information content (AvgIpc) is 3.23. The summed E-state index contributed by atoms with van der Waals surface area (Å²) >= 11 is 0. The molecule has 6 nitrogen and oxygen atoms in total. The second kappa shape index (κ2) is 8.05. The highest BCUT2D eigenvalue weighted by Gasteiger charge is 2.25. The Morgan fingerprint density at radius 3 is 3.07 bits per heavy atom. The van der Waals surface area contributed by atoms with Crippen LogP contribution >= 0.6 is 0 Å². The minimum atomic E-state index is 0.121. The van der Waals surface area contributed by atoms with Crippen LogP contribution in [0.4, 0.5) is 0 Å². The predicted molar refractivity (Wildman–Crippen MR) is 102 cm³/mol. The first kappa shape index (κ1) is 17.9. The van der Waals surface area contributed by atoms with E-state index in [9.17, 15) is 4.79 Å². The molecular weight excluding hydrogens is 340 g/mol. The molecule has 4 rings (SSSR count). The number of fused-ring (bicyclic) bond motifs is 1. The second-order valence-electron chi connectivity index (χ2n) is 7.28. The molecule has 27 heavy (non-hydrogen) atoms. The molecule has 1 amide bonds. The van der Waals surface area contributed by atoms with Gasteiger partial charge in [0.05, 0.1) is 24.8 Å². The molecule has 1 atom stereocenters. The summed E-state index contributed by atoms with van der Waals surface area (Å²) in [4.78, 5) is 23.8. The number of carbonyl (C=O) groups is 1. The monoisotopic (exact) mass is 366 g/mol. The number of hydrogen-bond acceptors (Lipinski definition) is 5. The van der Waals surface area contributed by atoms with E-state index in [2.05, 4.69) is 10.3 Å². The first-order valence-electron chi connectivity index (χ1n) is 9.75. The topological polar surface area (TPSA) is 67.3 Å². The van der Waals surface area contributed by atoms with Crippen molar-refractivity contribution < 1.29 is 9.53 Å². The van der Waals surface area contributed by atoms with Gasteiger partial charge in [-0.15, -0.1) is 0 Å². The molecule has 1 aromatic carbocycles. The van der Waals surface area contributed by atoms with E-state index in [0.717, 1.165) is 47.8 Å². The number of ether oxygens (including phenoxy) is 1. The molecule has 6 heteroatoms. The molecule has 2 aliphatic heterocycles. The van der Waals surface area contributed by atoms with Crippen LogP contribution in [0.5, 0.6) is 5.75 Å². The minimum Gasteiger partial charge on any atom is -0.493 e. The van der Waals surface area contributed by atoms with Gasteiger partial charge in [0.2, 0.25) is 5.91 Å². The fraction of sp³-hybridized carbons (Fsp3) is 0.476. The van der Waals surface area contributed by atoms with Crippen LogP contribution in [-0.4, -0.2) is 40.5 Å². The molecule has 1 saturated heterocycles. The normalized spacial score (nSPS) is 19.0. The maximum Gasteiger partial charge on any atom is 0.226 e. The first-order chi connectivity index (χ1) is 13.2. The molecule has 1 unspecified atom stereocenters. The van der Waals surface area contributed by atoms with Crippen LogP contribution < -0.4 is 10.1 Å². The van der Waals surface area contributed by atoms with Gasteiger partial charge in [0.15, 0.2) is 0 Å². The van der Waals surface area contributed by atoms with Gasteiger partial charge in [-0.05, 0) is 37.9 Å². The van der Waals surface area contributed by atoms with E-state index in [1.807, 2.05) is 42.3 Å². The number of benzene rings is 1. The van der Waals surface area contributed by atoms with E-state index >= 15 is 0 Å². The molecule has 142 valence electrons. The molecule has 2 aliphatic rings. The SMILES string of the molecule is Cc1ccccc1OCCC(=O)N1CCc2nc(C3CCCN3)ncc2C1. The maximum atomic E-state index is 12.6. The lowest BCUT2D eigenvalue weighted by Crippen LogP contribution is -2.37. The number of nitrogens with zero attached hydrogens (tertiary/aromatic N) is 3. The Morgan fingerprint density at radius 2 is 2.26 bits per heavy atom. The summed E-state index contributed by atoms with van der Waals surface area (Å²) in [7, 11) is 0. The summed E-state index contributed by atoms with van der Waals surface area (Å²) in [5, 5.41) is 3.44. The molecule has 3 heterocycles. The third-order valence-corrected chi connectivity index (χ3v) is 5.34. The first-order valence-corrected chi connectivity index (χ1v) is 9.75. The number of hydrogen-bond donors (Lipinski definition) is 1. The molecule has 1 N–H and O–H groups in total. The molecule has 2 aromatic rings. The zero-order valence-corrected chi connectivity index (χ0v) is 15.8. The van der Waals surface area contributed by atoms with Crippen molar-refractivity contribution in [3.8, 4) is 5.75 Å². The van der Waals surface area contributed by atoms with Gasteiger partial charge in [0.25, 0.3) is 0 Å². The predicted octanol–water partition coefficient (Wildman–Crippen LogP) is 2.56. The van der Waals surface area contributed by atoms with Crippen molar-refractivity contribution in [2.45, 2.75) is 45.2 Å². The van der Waals surface area contributed by atoms with Crippen molar-refractivity contribution in [3.63, 3.8) is 0 Å². The summed E-state index contributed by atoms with van der Waals surface area (Å²) in [6.45, 7) is 4.75. The number of aryl methyl sites for hydroxylation is 1. The summed E-state index contributed by atoms with van der Waals surface area (Å²) in [5.41, 5.74) is 3.24. The van der Waals surface area contributed by atoms with Crippen molar-refractivity contribution in [3.05, 3.63) is 53.1 Å². The van der Waals surface area contributed by atoms with Crippen molar-refractivity contribution in [1.82, 2.24) is 20.2 Å². The zero-order valence-electron chi connectivity index (χ0n) is 15.8. The van der Waals surface area contributed by atoms with Crippen LogP contribution in [0.3, 0.4) is 0 Å². The highest BCUT2D eigenvalue weighted by Crippen LogP contribution is 2.23. The lowest BCUT2D eigenvalue weighted by Gasteiger charge is -2.28. The Balaban J connectivity index is 1.32. The second-order valence-corrected chi connectivity index (χ2v) is 7.28. The van der Waals surface area contributed by atoms with Crippen LogP contribution in [0.25, 0.3) is 0 Å². The van der Waals surface area contributed by atoms with Gasteiger partial charge < -0.3 is 15.0 Å². The number of rotatable bonds is 5. The van der Waals surface area contributed by atoms with Gasteiger partial charge in [-0.2, -0.15) is 0 Å². The fourth-order valence-electron chi connectivity index (χ4n) is 3.74. The van der Waals surface area contributed by atoms with Crippen LogP contribution in [0, 0.1) is 6.92 Å². The highest BCUT2D eigenvalue weighted by atomic mass is 16.5. The largest absolute Gasteiger partial charge is 0.493 e. The maximum absolute atomic E-state index is 12.6. The quantitative estimate of drug-likeness (QED) is 0.881. The van der Waals surface area contributed by atoms with Gasteiger partial charge in [0.1, 0.15) is 11.6 Å². The lowest BCUT2D eigenvalue weighted by molar-refractivity contribution is -0.132. The van der Waals surface area contributed by atoms with Gasteiger partial charge >= 0.3 is 0 Å². The van der Waals surface area contributed by atoms with Crippen LogP contribution in [0.1, 0.15) is 47.9 Å². The number of carbonyl (C=O) groups excluding carboxylic acids is 1. The Labute approximate surface area is 160 Å². The summed E-state index contributed by atoms with van der Waals surface area (Å²) in [5.74, 6) is 1.86. The highest BCUT2D eigenvalue weighted by molar-refractivity contribution is 5.76. The van der Waals surface area contributed by atoms with Gasteiger partial charge in [-0.1, -0.05) is 18.2 Å². The van der Waals surface area contributed by atoms with Crippen molar-refractivity contribution >= 4 is 5.91 Å². The zero-order chi connectivity index (χ0) is 18.6. The molecule has 0 radical (unpaired) electrons. The molecular formula is C21H26N4O2. The molecule has 1 fully saturated rings. The smallest absolute Gasteiger partial charge is 0.226 e. The van der Waals surface area contributed by atoms with Crippen molar-refractivity contribution in [2.75, 3.05) is 19.7 Å². The van der Waals surface area contributed by atoms with E-state index in [1.54, 1.807) is 0 Å². The molecule has 0 saturated carbocycles.